The first-order valence-electron chi connectivity index (χ1n) is 7.78. The van der Waals surface area contributed by atoms with Gasteiger partial charge in [0.1, 0.15) is 5.75 Å². The van der Waals surface area contributed by atoms with Crippen LogP contribution >= 0.6 is 0 Å². The van der Waals surface area contributed by atoms with Crippen LogP contribution in [0.5, 0.6) is 5.75 Å². The molecule has 0 saturated heterocycles. The fraction of sp³-hybridized carbons (Fsp3) is 0.278. The number of aromatic hydroxyl groups is 1. The third-order valence-electron chi connectivity index (χ3n) is 3.30. The first-order valence-corrected chi connectivity index (χ1v) is 9.26. The highest BCUT2D eigenvalue weighted by molar-refractivity contribution is 7.89. The van der Waals surface area contributed by atoms with Gasteiger partial charge >= 0.3 is 0 Å². The lowest BCUT2D eigenvalue weighted by atomic mass is 10.1. The van der Waals surface area contributed by atoms with E-state index in [-0.39, 0.29) is 23.1 Å². The number of para-hydroxylation sites is 1. The molecule has 0 unspecified atom stereocenters. The number of carbonyl (C=O) groups is 1. The van der Waals surface area contributed by atoms with Crippen LogP contribution in [0, 0.1) is 0 Å². The summed E-state index contributed by atoms with van der Waals surface area (Å²) in [4.78, 5) is 12.3. The average molecular weight is 362 g/mol. The van der Waals surface area contributed by atoms with Crippen LogP contribution in [0.1, 0.15) is 36.7 Å². The zero-order chi connectivity index (χ0) is 18.7. The van der Waals surface area contributed by atoms with Crippen LogP contribution in [0.15, 0.2) is 53.4 Å². The van der Waals surface area contributed by atoms with Crippen molar-refractivity contribution in [1.82, 2.24) is 10.0 Å². The summed E-state index contributed by atoms with van der Waals surface area (Å²) in [7, 11) is -3.64. The molecule has 0 atom stereocenters. The fourth-order valence-corrected chi connectivity index (χ4v) is 3.60. The Morgan fingerprint density at radius 1 is 1.04 bits per heavy atom. The van der Waals surface area contributed by atoms with E-state index in [4.69, 9.17) is 0 Å². The Labute approximate surface area is 147 Å². The number of rotatable bonds is 5. The molecule has 0 aliphatic heterocycles. The molecule has 0 radical (unpaired) electrons. The van der Waals surface area contributed by atoms with E-state index in [1.54, 1.807) is 45.0 Å². The summed E-state index contributed by atoms with van der Waals surface area (Å²) in [6, 6.07) is 12.4. The largest absolute Gasteiger partial charge is 0.508 e. The van der Waals surface area contributed by atoms with Crippen molar-refractivity contribution in [2.24, 2.45) is 0 Å². The third kappa shape index (κ3) is 5.30. The van der Waals surface area contributed by atoms with Crippen LogP contribution in [0.3, 0.4) is 0 Å². The van der Waals surface area contributed by atoms with Crippen LogP contribution in [-0.2, 0) is 16.6 Å². The van der Waals surface area contributed by atoms with Crippen molar-refractivity contribution in [1.29, 1.82) is 0 Å². The number of hydrogen-bond acceptors (Lipinski definition) is 4. The standard InChI is InChI=1S/C18H22N2O4S/c1-18(2,3)20-25(23,24)15-10-8-13(9-11-15)17(22)19-12-14-6-4-5-7-16(14)21/h4-11,20-21H,12H2,1-3H3,(H,19,22). The van der Waals surface area contributed by atoms with Crippen molar-refractivity contribution in [2.45, 2.75) is 37.8 Å². The quantitative estimate of drug-likeness (QED) is 0.761. The molecule has 0 saturated carbocycles. The lowest BCUT2D eigenvalue weighted by Gasteiger charge is -2.20. The van der Waals surface area contributed by atoms with Crippen LogP contribution < -0.4 is 10.0 Å². The minimum absolute atomic E-state index is 0.0969. The molecule has 0 spiro atoms. The third-order valence-corrected chi connectivity index (χ3v) is 5.07. The Hall–Kier alpha value is -2.38. The second-order valence-corrected chi connectivity index (χ2v) is 8.37. The summed E-state index contributed by atoms with van der Waals surface area (Å²) in [5, 5.41) is 12.4. The normalized spacial score (nSPS) is 12.0. The van der Waals surface area contributed by atoms with Gasteiger partial charge in [-0.2, -0.15) is 0 Å². The van der Waals surface area contributed by atoms with Gasteiger partial charge in [-0.15, -0.1) is 0 Å². The Bertz CT molecular complexity index is 853. The van der Waals surface area contributed by atoms with Gasteiger partial charge in [-0.05, 0) is 51.1 Å². The van der Waals surface area contributed by atoms with Crippen LogP contribution in [0.4, 0.5) is 0 Å². The molecule has 2 aromatic carbocycles. The first-order chi connectivity index (χ1) is 11.6. The number of phenols is 1. The van der Waals surface area contributed by atoms with Gasteiger partial charge in [0, 0.05) is 23.2 Å². The molecule has 1 amide bonds. The minimum Gasteiger partial charge on any atom is -0.508 e. The molecule has 0 aromatic heterocycles. The van der Waals surface area contributed by atoms with Crippen LogP contribution in [0.2, 0.25) is 0 Å². The van der Waals surface area contributed by atoms with E-state index in [1.165, 1.54) is 24.3 Å². The lowest BCUT2D eigenvalue weighted by Crippen LogP contribution is -2.40. The van der Waals surface area contributed by atoms with Gasteiger partial charge in [0.05, 0.1) is 4.90 Å². The number of amides is 1. The molecule has 0 fully saturated rings. The highest BCUT2D eigenvalue weighted by Crippen LogP contribution is 2.16. The molecular weight excluding hydrogens is 340 g/mol. The van der Waals surface area contributed by atoms with Crippen LogP contribution in [-0.4, -0.2) is 25.0 Å². The molecule has 6 nitrogen and oxygen atoms in total. The summed E-state index contributed by atoms with van der Waals surface area (Å²) in [5.74, 6) is -0.242. The van der Waals surface area contributed by atoms with Gasteiger partial charge in [-0.3, -0.25) is 4.79 Å². The molecular formula is C18H22N2O4S. The van der Waals surface area contributed by atoms with Crippen molar-refractivity contribution in [3.63, 3.8) is 0 Å². The van der Waals surface area contributed by atoms with Crippen molar-refractivity contribution in [3.05, 3.63) is 59.7 Å². The maximum atomic E-state index is 12.2. The second-order valence-electron chi connectivity index (χ2n) is 6.69. The van der Waals surface area contributed by atoms with E-state index < -0.39 is 15.6 Å². The van der Waals surface area contributed by atoms with Gasteiger partial charge < -0.3 is 10.4 Å². The highest BCUT2D eigenvalue weighted by atomic mass is 32.2. The van der Waals surface area contributed by atoms with Crippen molar-refractivity contribution >= 4 is 15.9 Å². The summed E-state index contributed by atoms with van der Waals surface area (Å²) in [6.07, 6.45) is 0. The van der Waals surface area contributed by atoms with Gasteiger partial charge in [-0.1, -0.05) is 18.2 Å². The molecule has 134 valence electrons. The predicted octanol–water partition coefficient (Wildman–Crippen LogP) is 2.40. The first kappa shape index (κ1) is 19.0. The second kappa shape index (κ2) is 7.25. The van der Waals surface area contributed by atoms with Gasteiger partial charge in [0.2, 0.25) is 10.0 Å². The number of nitrogens with one attached hydrogen (secondary N) is 2. The van der Waals surface area contributed by atoms with E-state index >= 15 is 0 Å². The summed E-state index contributed by atoms with van der Waals surface area (Å²) >= 11 is 0. The zero-order valence-corrected chi connectivity index (χ0v) is 15.2. The molecule has 2 aromatic rings. The fourth-order valence-electron chi connectivity index (χ4n) is 2.19. The molecule has 2 rings (SSSR count). The topological polar surface area (TPSA) is 95.5 Å². The van der Waals surface area contributed by atoms with Gasteiger partial charge in [0.15, 0.2) is 0 Å². The monoisotopic (exact) mass is 362 g/mol. The Morgan fingerprint density at radius 2 is 1.64 bits per heavy atom. The van der Waals surface area contributed by atoms with E-state index in [9.17, 15) is 18.3 Å². The Morgan fingerprint density at radius 3 is 2.20 bits per heavy atom. The maximum absolute atomic E-state index is 12.2. The van der Waals surface area contributed by atoms with Gasteiger partial charge in [0.25, 0.3) is 5.91 Å². The van der Waals surface area contributed by atoms with Crippen LogP contribution in [0.25, 0.3) is 0 Å². The van der Waals surface area contributed by atoms with E-state index in [2.05, 4.69) is 10.0 Å². The average Bonchev–Trinajstić information content (AvgIpc) is 2.52. The number of hydrogen-bond donors (Lipinski definition) is 3. The Balaban J connectivity index is 2.07. The molecule has 0 heterocycles. The summed E-state index contributed by atoms with van der Waals surface area (Å²) in [6.45, 7) is 5.44. The van der Waals surface area contributed by atoms with E-state index in [1.807, 2.05) is 0 Å². The SMILES string of the molecule is CC(C)(C)NS(=O)(=O)c1ccc(C(=O)NCc2ccccc2O)cc1. The number of phenolic OH excluding ortho intramolecular Hbond substituents is 1. The molecule has 25 heavy (non-hydrogen) atoms. The lowest BCUT2D eigenvalue weighted by molar-refractivity contribution is 0.0950. The molecule has 0 aliphatic carbocycles. The smallest absolute Gasteiger partial charge is 0.251 e. The predicted molar refractivity (Wildman–Crippen MR) is 95.8 cm³/mol. The molecule has 3 N–H and O–H groups in total. The minimum atomic E-state index is -3.64. The molecule has 0 bridgehead atoms. The molecule has 7 heteroatoms. The summed E-state index contributed by atoms with van der Waals surface area (Å²) in [5.41, 5.74) is 0.349. The van der Waals surface area contributed by atoms with Crippen molar-refractivity contribution in [2.75, 3.05) is 0 Å². The van der Waals surface area contributed by atoms with Crippen molar-refractivity contribution in [3.8, 4) is 5.75 Å². The van der Waals surface area contributed by atoms with E-state index in [0.29, 0.717) is 11.1 Å². The summed E-state index contributed by atoms with van der Waals surface area (Å²) < 4.78 is 27.0. The molecule has 0 aliphatic rings. The maximum Gasteiger partial charge on any atom is 0.251 e. The highest BCUT2D eigenvalue weighted by Gasteiger charge is 2.22. The van der Waals surface area contributed by atoms with Gasteiger partial charge in [-0.25, -0.2) is 13.1 Å². The number of carbonyl (C=O) groups excluding carboxylic acids is 1. The van der Waals surface area contributed by atoms with Crippen molar-refractivity contribution < 1.29 is 18.3 Å². The van der Waals surface area contributed by atoms with E-state index in [0.717, 1.165) is 0 Å². The number of sulfonamides is 1. The zero-order valence-electron chi connectivity index (χ0n) is 14.4. The number of benzene rings is 2. The Kier molecular flexibility index (Phi) is 5.49.